The average Bonchev–Trinajstić information content (AvgIpc) is 2.70. The molecule has 0 aromatic heterocycles. The number of carbonyl (C=O) groups excluding carboxylic acids is 2. The lowest BCUT2D eigenvalue weighted by molar-refractivity contribution is -0.210. The summed E-state index contributed by atoms with van der Waals surface area (Å²) in [5.41, 5.74) is 0.818. The monoisotopic (exact) mass is 416 g/mol. The molecule has 0 radical (unpaired) electrons. The number of thioether (sulfide) groups is 1. The summed E-state index contributed by atoms with van der Waals surface area (Å²) in [6, 6.07) is 16.3. The summed E-state index contributed by atoms with van der Waals surface area (Å²) in [4.78, 5) is 25.0. The molecule has 0 bridgehead atoms. The van der Waals surface area contributed by atoms with E-state index in [0.29, 0.717) is 5.56 Å². The summed E-state index contributed by atoms with van der Waals surface area (Å²) in [7, 11) is 0. The summed E-state index contributed by atoms with van der Waals surface area (Å²) in [5.74, 6) is -1.12. The molecule has 154 valence electrons. The smallest absolute Gasteiger partial charge is 0.338 e. The molecule has 1 N–H and O–H groups in total. The number of esters is 2. The van der Waals surface area contributed by atoms with Crippen molar-refractivity contribution in [3.63, 3.8) is 0 Å². The van der Waals surface area contributed by atoms with Crippen molar-refractivity contribution in [2.24, 2.45) is 0 Å². The van der Waals surface area contributed by atoms with Gasteiger partial charge in [-0.15, -0.1) is 0 Å². The van der Waals surface area contributed by atoms with Gasteiger partial charge in [0.1, 0.15) is 11.5 Å². The third-order valence-electron chi connectivity index (χ3n) is 4.58. The Morgan fingerprint density at radius 1 is 1.00 bits per heavy atom. The van der Waals surface area contributed by atoms with Gasteiger partial charge < -0.3 is 19.3 Å². The van der Waals surface area contributed by atoms with Gasteiger partial charge in [-0.2, -0.15) is 0 Å². The van der Waals surface area contributed by atoms with E-state index in [1.165, 1.54) is 18.7 Å². The van der Waals surface area contributed by atoms with Crippen LogP contribution in [0.5, 0.6) is 0 Å². The van der Waals surface area contributed by atoms with Crippen LogP contribution in [0.3, 0.4) is 0 Å². The van der Waals surface area contributed by atoms with Gasteiger partial charge in [0.15, 0.2) is 12.2 Å². The number of hydrogen-bond donors (Lipinski definition) is 1. The lowest BCUT2D eigenvalue weighted by atomic mass is 10.0. The van der Waals surface area contributed by atoms with Crippen LogP contribution in [0.1, 0.15) is 29.8 Å². The Kier molecular flexibility index (Phi) is 6.95. The SMILES string of the molecule is CC(=O)O[C@@H]1[C@@H](O)[C@@H](OC(=O)c2ccccc2)[C@H](Sc2ccc(C)cc2)O[C@H]1C. The topological polar surface area (TPSA) is 82.1 Å². The summed E-state index contributed by atoms with van der Waals surface area (Å²) in [6.45, 7) is 4.97. The number of aliphatic hydroxyl groups is 1. The van der Waals surface area contributed by atoms with E-state index in [-0.39, 0.29) is 0 Å². The number of ether oxygens (including phenoxy) is 3. The van der Waals surface area contributed by atoms with Crippen LogP contribution in [-0.4, -0.2) is 46.9 Å². The lowest BCUT2D eigenvalue weighted by Crippen LogP contribution is -2.58. The van der Waals surface area contributed by atoms with Crippen LogP contribution in [0.4, 0.5) is 0 Å². The second kappa shape index (κ2) is 9.43. The summed E-state index contributed by atoms with van der Waals surface area (Å²) in [5, 5.41) is 10.9. The van der Waals surface area contributed by atoms with E-state index < -0.39 is 41.8 Å². The largest absolute Gasteiger partial charge is 0.457 e. The van der Waals surface area contributed by atoms with Crippen LogP contribution < -0.4 is 0 Å². The fourth-order valence-electron chi connectivity index (χ4n) is 3.09. The first kappa shape index (κ1) is 21.4. The molecule has 0 amide bonds. The number of aliphatic hydroxyl groups excluding tert-OH is 1. The van der Waals surface area contributed by atoms with Crippen molar-refractivity contribution in [1.29, 1.82) is 0 Å². The first-order chi connectivity index (χ1) is 13.8. The van der Waals surface area contributed by atoms with Crippen LogP contribution in [0.15, 0.2) is 59.5 Å². The first-order valence-corrected chi connectivity index (χ1v) is 10.2. The van der Waals surface area contributed by atoms with E-state index in [1.54, 1.807) is 37.3 Å². The Morgan fingerprint density at radius 2 is 1.66 bits per heavy atom. The van der Waals surface area contributed by atoms with Gasteiger partial charge in [0, 0.05) is 11.8 Å². The molecule has 1 aliphatic rings. The molecular weight excluding hydrogens is 392 g/mol. The Labute approximate surface area is 174 Å². The standard InChI is InChI=1S/C22H24O6S/c1-13-9-11-17(12-10-13)29-22-20(28-21(25)16-7-5-4-6-8-16)18(24)19(14(2)26-22)27-15(3)23/h4-12,14,18-20,22,24H,1-3H3/t14-,18+,19-,20+,22-/m0/s1. The van der Waals surface area contributed by atoms with Gasteiger partial charge in [-0.3, -0.25) is 4.79 Å². The fourth-order valence-corrected chi connectivity index (χ4v) is 4.23. The van der Waals surface area contributed by atoms with Gasteiger partial charge in [-0.05, 0) is 38.1 Å². The number of benzene rings is 2. The number of rotatable bonds is 5. The van der Waals surface area contributed by atoms with Gasteiger partial charge >= 0.3 is 11.9 Å². The maximum Gasteiger partial charge on any atom is 0.338 e. The third kappa shape index (κ3) is 5.38. The molecule has 2 aromatic carbocycles. The van der Waals surface area contributed by atoms with Gasteiger partial charge in [-0.25, -0.2) is 4.79 Å². The molecule has 1 aliphatic heterocycles. The molecule has 29 heavy (non-hydrogen) atoms. The van der Waals surface area contributed by atoms with E-state index in [0.717, 1.165) is 10.5 Å². The summed E-state index contributed by atoms with van der Waals surface area (Å²) in [6.07, 6.45) is -3.74. The highest BCUT2D eigenvalue weighted by molar-refractivity contribution is 7.99. The van der Waals surface area contributed by atoms with Crippen molar-refractivity contribution >= 4 is 23.7 Å². The van der Waals surface area contributed by atoms with Gasteiger partial charge in [0.05, 0.1) is 11.7 Å². The Hall–Kier alpha value is -2.35. The zero-order valence-electron chi connectivity index (χ0n) is 16.5. The quantitative estimate of drug-likeness (QED) is 0.749. The molecule has 0 saturated carbocycles. The molecule has 0 aliphatic carbocycles. The number of hydrogen-bond acceptors (Lipinski definition) is 7. The maximum atomic E-state index is 12.6. The molecule has 1 heterocycles. The minimum absolute atomic E-state index is 0.362. The Balaban J connectivity index is 1.84. The second-order valence-corrected chi connectivity index (χ2v) is 8.11. The van der Waals surface area contributed by atoms with Gasteiger partial charge in [0.25, 0.3) is 0 Å². The molecule has 1 saturated heterocycles. The van der Waals surface area contributed by atoms with Crippen LogP contribution >= 0.6 is 11.8 Å². The highest BCUT2D eigenvalue weighted by atomic mass is 32.2. The normalized spacial score (nSPS) is 26.6. The predicted octanol–water partition coefficient (Wildman–Crippen LogP) is 3.35. The van der Waals surface area contributed by atoms with Crippen molar-refractivity contribution in [3.8, 4) is 0 Å². The molecule has 0 unspecified atom stereocenters. The first-order valence-electron chi connectivity index (χ1n) is 9.35. The second-order valence-electron chi connectivity index (χ2n) is 6.94. The summed E-state index contributed by atoms with van der Waals surface area (Å²) >= 11 is 1.35. The molecule has 0 spiro atoms. The van der Waals surface area contributed by atoms with E-state index >= 15 is 0 Å². The maximum absolute atomic E-state index is 12.6. The molecule has 3 rings (SSSR count). The lowest BCUT2D eigenvalue weighted by Gasteiger charge is -2.42. The van der Waals surface area contributed by atoms with E-state index in [1.807, 2.05) is 31.2 Å². The predicted molar refractivity (Wildman–Crippen MR) is 109 cm³/mol. The molecule has 7 heteroatoms. The van der Waals surface area contributed by atoms with E-state index in [9.17, 15) is 14.7 Å². The van der Waals surface area contributed by atoms with E-state index in [4.69, 9.17) is 14.2 Å². The Morgan fingerprint density at radius 3 is 2.28 bits per heavy atom. The van der Waals surface area contributed by atoms with Crippen molar-refractivity contribution < 1.29 is 28.9 Å². The molecule has 6 nitrogen and oxygen atoms in total. The van der Waals surface area contributed by atoms with Crippen molar-refractivity contribution in [3.05, 3.63) is 65.7 Å². The Bertz CT molecular complexity index is 838. The third-order valence-corrected chi connectivity index (χ3v) is 5.74. The highest BCUT2D eigenvalue weighted by Gasteiger charge is 2.48. The highest BCUT2D eigenvalue weighted by Crippen LogP contribution is 2.36. The van der Waals surface area contributed by atoms with Gasteiger partial charge in [0.2, 0.25) is 0 Å². The average molecular weight is 416 g/mol. The number of carbonyl (C=O) groups is 2. The zero-order chi connectivity index (χ0) is 21.0. The van der Waals surface area contributed by atoms with E-state index in [2.05, 4.69) is 0 Å². The zero-order valence-corrected chi connectivity index (χ0v) is 17.3. The number of aryl methyl sites for hydroxylation is 1. The van der Waals surface area contributed by atoms with Crippen LogP contribution in [0.25, 0.3) is 0 Å². The summed E-state index contributed by atoms with van der Waals surface area (Å²) < 4.78 is 16.9. The fraction of sp³-hybridized carbons (Fsp3) is 0.364. The van der Waals surface area contributed by atoms with Crippen molar-refractivity contribution in [2.45, 2.75) is 55.5 Å². The molecule has 5 atom stereocenters. The van der Waals surface area contributed by atoms with Crippen LogP contribution in [0.2, 0.25) is 0 Å². The van der Waals surface area contributed by atoms with Crippen LogP contribution in [-0.2, 0) is 19.0 Å². The minimum atomic E-state index is -1.22. The molecule has 1 fully saturated rings. The van der Waals surface area contributed by atoms with Crippen LogP contribution in [0, 0.1) is 6.92 Å². The van der Waals surface area contributed by atoms with Crippen molar-refractivity contribution in [1.82, 2.24) is 0 Å². The molecular formula is C22H24O6S. The minimum Gasteiger partial charge on any atom is -0.457 e. The van der Waals surface area contributed by atoms with Gasteiger partial charge in [-0.1, -0.05) is 47.7 Å². The molecule has 2 aromatic rings. The van der Waals surface area contributed by atoms with Crippen molar-refractivity contribution in [2.75, 3.05) is 0 Å².